The summed E-state index contributed by atoms with van der Waals surface area (Å²) in [5.74, 6) is 1.31. The van der Waals surface area contributed by atoms with Crippen LogP contribution in [0.3, 0.4) is 0 Å². The summed E-state index contributed by atoms with van der Waals surface area (Å²) in [7, 11) is 0. The number of nitrogens with zero attached hydrogens (tertiary/aromatic N) is 4. The van der Waals surface area contributed by atoms with Gasteiger partial charge in [0, 0.05) is 31.7 Å². The Morgan fingerprint density at radius 2 is 1.75 bits per heavy atom. The Morgan fingerprint density at radius 1 is 0.929 bits per heavy atom. The summed E-state index contributed by atoms with van der Waals surface area (Å²) in [5.41, 5.74) is 4.54. The number of aryl methyl sites for hydroxylation is 2. The van der Waals surface area contributed by atoms with E-state index >= 15 is 0 Å². The first-order valence-corrected chi connectivity index (χ1v) is 10.6. The molecule has 1 aromatic carbocycles. The Bertz CT molecular complexity index is 827. The summed E-state index contributed by atoms with van der Waals surface area (Å²) in [6, 6.07) is 10.5. The number of hydrogen-bond acceptors (Lipinski definition) is 4. The van der Waals surface area contributed by atoms with Gasteiger partial charge in [0.1, 0.15) is 0 Å². The molecule has 0 radical (unpaired) electrons. The predicted octanol–water partition coefficient (Wildman–Crippen LogP) is 3.99. The summed E-state index contributed by atoms with van der Waals surface area (Å²) in [5, 5.41) is 8.96. The Balaban J connectivity index is 1.44. The number of aromatic nitrogens is 2. The molecular weight excluding hydrogens is 348 g/mol. The van der Waals surface area contributed by atoms with Crippen molar-refractivity contribution in [1.82, 2.24) is 15.1 Å². The summed E-state index contributed by atoms with van der Waals surface area (Å²) >= 11 is 0. The van der Waals surface area contributed by atoms with Gasteiger partial charge < -0.3 is 9.80 Å². The number of benzene rings is 1. The Morgan fingerprint density at radius 3 is 2.46 bits per heavy atom. The van der Waals surface area contributed by atoms with E-state index in [4.69, 9.17) is 0 Å². The molecule has 0 bridgehead atoms. The number of carbonyl (C=O) groups is 1. The minimum Gasteiger partial charge on any atom is -0.354 e. The number of carbonyl (C=O) groups excluding carboxylic acids is 1. The second kappa shape index (κ2) is 8.29. The SMILES string of the molecule is Cc1ccc(-c2ccc(N3CCC[C@@H](C(=O)N4CCCCC4)C3)nn2)cc1C. The van der Waals surface area contributed by atoms with Crippen molar-refractivity contribution in [3.05, 3.63) is 41.5 Å². The second-order valence-electron chi connectivity index (χ2n) is 8.25. The molecule has 0 aliphatic carbocycles. The highest BCUT2D eigenvalue weighted by atomic mass is 16.2. The van der Waals surface area contributed by atoms with Crippen molar-refractivity contribution in [3.8, 4) is 11.3 Å². The third-order valence-corrected chi connectivity index (χ3v) is 6.22. The van der Waals surface area contributed by atoms with Gasteiger partial charge in [-0.05, 0) is 75.3 Å². The smallest absolute Gasteiger partial charge is 0.227 e. The zero-order chi connectivity index (χ0) is 19.5. The van der Waals surface area contributed by atoms with Crippen molar-refractivity contribution in [3.63, 3.8) is 0 Å². The van der Waals surface area contributed by atoms with E-state index in [-0.39, 0.29) is 5.92 Å². The highest BCUT2D eigenvalue weighted by Gasteiger charge is 2.30. The van der Waals surface area contributed by atoms with Crippen molar-refractivity contribution in [2.24, 2.45) is 5.92 Å². The van der Waals surface area contributed by atoms with Crippen LogP contribution in [0.2, 0.25) is 0 Å². The summed E-state index contributed by atoms with van der Waals surface area (Å²) < 4.78 is 0. The minimum atomic E-state index is 0.0908. The van der Waals surface area contributed by atoms with Gasteiger partial charge in [-0.1, -0.05) is 12.1 Å². The molecule has 1 amide bonds. The molecule has 5 heteroatoms. The molecule has 3 heterocycles. The van der Waals surface area contributed by atoms with Crippen LogP contribution in [-0.2, 0) is 4.79 Å². The standard InChI is InChI=1S/C23H30N4O/c1-17-8-9-19(15-18(17)2)21-10-11-22(25-24-21)27-14-6-7-20(16-27)23(28)26-12-4-3-5-13-26/h8-11,15,20H,3-7,12-14,16H2,1-2H3/t20-/m1/s1. The largest absolute Gasteiger partial charge is 0.354 e. The zero-order valence-corrected chi connectivity index (χ0v) is 17.0. The van der Waals surface area contributed by atoms with Crippen LogP contribution in [-0.4, -0.2) is 47.2 Å². The fourth-order valence-corrected chi connectivity index (χ4v) is 4.31. The van der Waals surface area contributed by atoms with E-state index in [1.165, 1.54) is 17.5 Å². The number of rotatable bonds is 3. The average molecular weight is 379 g/mol. The number of piperidine rings is 2. The maximum absolute atomic E-state index is 12.9. The quantitative estimate of drug-likeness (QED) is 0.810. The molecule has 2 aliphatic heterocycles. The molecule has 0 N–H and O–H groups in total. The number of hydrogen-bond donors (Lipinski definition) is 0. The van der Waals surface area contributed by atoms with Crippen molar-refractivity contribution in [1.29, 1.82) is 0 Å². The van der Waals surface area contributed by atoms with E-state index in [0.717, 1.165) is 68.9 Å². The minimum absolute atomic E-state index is 0.0908. The first-order chi connectivity index (χ1) is 13.6. The van der Waals surface area contributed by atoms with Crippen LogP contribution in [0.25, 0.3) is 11.3 Å². The average Bonchev–Trinajstić information content (AvgIpc) is 2.76. The van der Waals surface area contributed by atoms with Gasteiger partial charge in [0.05, 0.1) is 11.6 Å². The topological polar surface area (TPSA) is 49.3 Å². The van der Waals surface area contributed by atoms with Gasteiger partial charge in [-0.25, -0.2) is 0 Å². The molecule has 28 heavy (non-hydrogen) atoms. The van der Waals surface area contributed by atoms with Crippen LogP contribution in [0.5, 0.6) is 0 Å². The molecule has 5 nitrogen and oxygen atoms in total. The van der Waals surface area contributed by atoms with Crippen LogP contribution in [0, 0.1) is 19.8 Å². The van der Waals surface area contributed by atoms with Gasteiger partial charge in [0.15, 0.2) is 5.82 Å². The lowest BCUT2D eigenvalue weighted by Crippen LogP contribution is -2.46. The molecule has 1 aromatic heterocycles. The van der Waals surface area contributed by atoms with Crippen molar-refractivity contribution in [2.45, 2.75) is 46.0 Å². The lowest BCUT2D eigenvalue weighted by Gasteiger charge is -2.36. The first-order valence-electron chi connectivity index (χ1n) is 10.6. The van der Waals surface area contributed by atoms with E-state index in [2.05, 4.69) is 52.0 Å². The second-order valence-corrected chi connectivity index (χ2v) is 8.25. The van der Waals surface area contributed by atoms with Crippen molar-refractivity contribution < 1.29 is 4.79 Å². The highest BCUT2D eigenvalue weighted by Crippen LogP contribution is 2.26. The highest BCUT2D eigenvalue weighted by molar-refractivity contribution is 5.79. The molecular formula is C23H30N4O. The summed E-state index contributed by atoms with van der Waals surface area (Å²) in [6.07, 6.45) is 5.56. The molecule has 1 atom stereocenters. The molecule has 2 aromatic rings. The van der Waals surface area contributed by atoms with Crippen molar-refractivity contribution >= 4 is 11.7 Å². The Labute approximate surface area is 167 Å². The molecule has 4 rings (SSSR count). The normalized spacial score (nSPS) is 20.3. The predicted molar refractivity (Wildman–Crippen MR) is 112 cm³/mol. The molecule has 2 saturated heterocycles. The molecule has 2 aliphatic rings. The number of likely N-dealkylation sites (tertiary alicyclic amines) is 1. The third-order valence-electron chi connectivity index (χ3n) is 6.22. The van der Waals surface area contributed by atoms with Gasteiger partial charge in [0.2, 0.25) is 5.91 Å². The maximum atomic E-state index is 12.9. The van der Waals surface area contributed by atoms with Crippen LogP contribution in [0.15, 0.2) is 30.3 Å². The fraction of sp³-hybridized carbons (Fsp3) is 0.522. The zero-order valence-electron chi connectivity index (χ0n) is 17.0. The van der Waals surface area contributed by atoms with E-state index < -0.39 is 0 Å². The van der Waals surface area contributed by atoms with Crippen molar-refractivity contribution in [2.75, 3.05) is 31.1 Å². The van der Waals surface area contributed by atoms with Gasteiger partial charge in [0.25, 0.3) is 0 Å². The van der Waals surface area contributed by atoms with Crippen LogP contribution in [0.4, 0.5) is 5.82 Å². The summed E-state index contributed by atoms with van der Waals surface area (Å²) in [6.45, 7) is 7.80. The molecule has 148 valence electrons. The Hall–Kier alpha value is -2.43. The van der Waals surface area contributed by atoms with Gasteiger partial charge in [-0.15, -0.1) is 10.2 Å². The lowest BCUT2D eigenvalue weighted by molar-refractivity contribution is -0.136. The maximum Gasteiger partial charge on any atom is 0.227 e. The van der Waals surface area contributed by atoms with Crippen LogP contribution < -0.4 is 4.90 Å². The number of anilines is 1. The van der Waals surface area contributed by atoms with Crippen LogP contribution >= 0.6 is 0 Å². The summed E-state index contributed by atoms with van der Waals surface area (Å²) in [4.78, 5) is 17.2. The number of amides is 1. The Kier molecular flexibility index (Phi) is 5.60. The molecule has 0 unspecified atom stereocenters. The van der Waals surface area contributed by atoms with E-state index in [9.17, 15) is 4.79 Å². The van der Waals surface area contributed by atoms with E-state index in [0.29, 0.717) is 5.91 Å². The van der Waals surface area contributed by atoms with Gasteiger partial charge in [-0.2, -0.15) is 0 Å². The molecule has 0 saturated carbocycles. The van der Waals surface area contributed by atoms with Gasteiger partial charge >= 0.3 is 0 Å². The fourth-order valence-electron chi connectivity index (χ4n) is 4.31. The molecule has 0 spiro atoms. The first kappa shape index (κ1) is 18.9. The van der Waals surface area contributed by atoms with E-state index in [1.807, 2.05) is 12.1 Å². The monoisotopic (exact) mass is 378 g/mol. The lowest BCUT2D eigenvalue weighted by atomic mass is 9.95. The third kappa shape index (κ3) is 4.03. The van der Waals surface area contributed by atoms with Crippen LogP contribution in [0.1, 0.15) is 43.2 Å². The van der Waals surface area contributed by atoms with Gasteiger partial charge in [-0.3, -0.25) is 4.79 Å². The van der Waals surface area contributed by atoms with E-state index in [1.54, 1.807) is 0 Å². The molecule has 2 fully saturated rings.